The van der Waals surface area contributed by atoms with Gasteiger partial charge >= 0.3 is 0 Å². The number of amides is 1. The molecule has 49 heavy (non-hydrogen) atoms. The Morgan fingerprint density at radius 2 is 1.65 bits per heavy atom. The molecule has 10 heteroatoms. The van der Waals surface area contributed by atoms with Crippen LogP contribution in [0.15, 0.2) is 108 Å². The van der Waals surface area contributed by atoms with Crippen molar-refractivity contribution < 1.29 is 33.6 Å². The molecule has 1 amide bonds. The fraction of sp³-hybridized carbons (Fsp3) is 0.282. The van der Waals surface area contributed by atoms with Crippen LogP contribution in [0.3, 0.4) is 0 Å². The quantitative estimate of drug-likeness (QED) is 0.0972. The molecule has 0 spiro atoms. The molecular weight excluding hydrogens is 622 g/mol. The second-order valence-corrected chi connectivity index (χ2v) is 11.4. The first-order valence-corrected chi connectivity index (χ1v) is 16.2. The van der Waals surface area contributed by atoms with Crippen LogP contribution >= 0.6 is 0 Å². The normalized spacial score (nSPS) is 16.9. The Hall–Kier alpha value is -5.32. The number of methoxy groups -OCH3 is 3. The Kier molecular flexibility index (Phi) is 12.3. The molecule has 1 heterocycles. The van der Waals surface area contributed by atoms with E-state index in [9.17, 15) is 4.79 Å². The minimum Gasteiger partial charge on any atom is -0.497 e. The zero-order valence-corrected chi connectivity index (χ0v) is 28.1. The zero-order valence-electron chi connectivity index (χ0n) is 28.1. The fourth-order valence-corrected chi connectivity index (χ4v) is 5.58. The Morgan fingerprint density at radius 3 is 2.39 bits per heavy atom. The van der Waals surface area contributed by atoms with Crippen LogP contribution < -0.4 is 29.8 Å². The van der Waals surface area contributed by atoms with Crippen molar-refractivity contribution in [2.45, 2.75) is 30.9 Å². The van der Waals surface area contributed by atoms with Crippen molar-refractivity contribution in [1.29, 1.82) is 0 Å². The lowest BCUT2D eigenvalue weighted by atomic mass is 9.84. The summed E-state index contributed by atoms with van der Waals surface area (Å²) in [7, 11) is 4.85. The lowest BCUT2D eigenvalue weighted by Gasteiger charge is -2.30. The predicted octanol–water partition coefficient (Wildman–Crippen LogP) is 5.70. The number of aliphatic imine (C=N–C) groups is 1. The van der Waals surface area contributed by atoms with Crippen LogP contribution in [0.5, 0.6) is 23.0 Å². The van der Waals surface area contributed by atoms with Gasteiger partial charge in [0.2, 0.25) is 5.90 Å². The number of hydrazine groups is 1. The second-order valence-electron chi connectivity index (χ2n) is 11.4. The van der Waals surface area contributed by atoms with E-state index in [1.165, 1.54) is 0 Å². The number of benzene rings is 4. The van der Waals surface area contributed by atoms with Crippen molar-refractivity contribution in [3.63, 3.8) is 0 Å². The largest absolute Gasteiger partial charge is 0.497 e. The predicted molar refractivity (Wildman–Crippen MR) is 189 cm³/mol. The van der Waals surface area contributed by atoms with E-state index < -0.39 is 11.6 Å². The molecule has 256 valence electrons. The van der Waals surface area contributed by atoms with E-state index in [1.54, 1.807) is 21.3 Å². The highest BCUT2D eigenvalue weighted by Crippen LogP contribution is 2.43. The van der Waals surface area contributed by atoms with E-state index in [-0.39, 0.29) is 18.9 Å². The van der Waals surface area contributed by atoms with Gasteiger partial charge in [0.05, 0.1) is 27.9 Å². The van der Waals surface area contributed by atoms with Gasteiger partial charge in [0, 0.05) is 31.6 Å². The SMILES string of the molecule is COc1cccc([C@@H]2OC(c3ccc(OCCCO)cc3)=N[C@]2(C/C=C/c2ccccc2)C(=O)NNCCc2cc(OC)ccc2OC)c1. The maximum absolute atomic E-state index is 14.4. The summed E-state index contributed by atoms with van der Waals surface area (Å²) >= 11 is 0. The van der Waals surface area contributed by atoms with Crippen LogP contribution in [0.4, 0.5) is 0 Å². The number of rotatable bonds is 17. The third kappa shape index (κ3) is 8.78. The number of ether oxygens (including phenoxy) is 5. The van der Waals surface area contributed by atoms with E-state index in [4.69, 9.17) is 33.8 Å². The van der Waals surface area contributed by atoms with Gasteiger partial charge in [-0.15, -0.1) is 0 Å². The van der Waals surface area contributed by atoms with Crippen LogP contribution in [0, 0.1) is 0 Å². The van der Waals surface area contributed by atoms with Gasteiger partial charge in [0.25, 0.3) is 5.91 Å². The third-order valence-electron chi connectivity index (χ3n) is 8.17. The van der Waals surface area contributed by atoms with Crippen LogP contribution in [0.2, 0.25) is 0 Å². The molecule has 1 aliphatic heterocycles. The minimum absolute atomic E-state index is 0.0569. The molecule has 0 unspecified atom stereocenters. The van der Waals surface area contributed by atoms with E-state index in [2.05, 4.69) is 10.9 Å². The minimum atomic E-state index is -1.38. The highest BCUT2D eigenvalue weighted by atomic mass is 16.5. The summed E-state index contributed by atoms with van der Waals surface area (Å²) in [5.41, 5.74) is 8.04. The molecule has 0 saturated heterocycles. The molecule has 3 N–H and O–H groups in total. The number of hydrogen-bond donors (Lipinski definition) is 3. The Bertz CT molecular complexity index is 1730. The van der Waals surface area contributed by atoms with Crippen molar-refractivity contribution in [3.8, 4) is 23.0 Å². The molecule has 5 rings (SSSR count). The van der Waals surface area contributed by atoms with Crippen LogP contribution in [0.25, 0.3) is 6.08 Å². The van der Waals surface area contributed by atoms with E-state index in [1.807, 2.05) is 109 Å². The number of nitrogens with zero attached hydrogens (tertiary/aromatic N) is 1. The van der Waals surface area contributed by atoms with Gasteiger partial charge in [-0.05, 0) is 77.7 Å². The number of carbonyl (C=O) groups excluding carboxylic acids is 1. The molecule has 4 aromatic carbocycles. The van der Waals surface area contributed by atoms with Gasteiger partial charge < -0.3 is 28.8 Å². The Labute approximate surface area is 287 Å². The molecule has 4 aromatic rings. The van der Waals surface area contributed by atoms with Crippen LogP contribution in [-0.4, -0.2) is 63.5 Å². The maximum Gasteiger partial charge on any atom is 0.266 e. The van der Waals surface area contributed by atoms with Gasteiger partial charge in [-0.25, -0.2) is 10.4 Å². The first-order valence-electron chi connectivity index (χ1n) is 16.2. The van der Waals surface area contributed by atoms with Crippen LogP contribution in [-0.2, 0) is 16.0 Å². The Morgan fingerprint density at radius 1 is 0.898 bits per heavy atom. The lowest BCUT2D eigenvalue weighted by molar-refractivity contribution is -0.129. The van der Waals surface area contributed by atoms with Crippen molar-refractivity contribution >= 4 is 17.9 Å². The standard InChI is InChI=1S/C39H43N3O7/c1-45-33-14-7-13-31(27-33)36-39(22-8-12-28-10-5-4-6-11-28,41-37(49-36)29-15-17-32(18-16-29)48-25-9-24-43)38(44)42-40-23-21-30-26-34(46-2)19-20-35(30)47-3/h4-8,10-20,26-27,36,40,43H,9,21-25H2,1-3H3,(H,42,44)/b12-8+/t36-,39-/m0/s1. The summed E-state index contributed by atoms with van der Waals surface area (Å²) in [6.07, 6.45) is 4.50. The average molecular weight is 666 g/mol. The molecule has 0 fully saturated rings. The molecule has 2 atom stereocenters. The molecule has 10 nitrogen and oxygen atoms in total. The monoisotopic (exact) mass is 665 g/mol. The Balaban J connectivity index is 1.46. The molecule has 0 bridgehead atoms. The summed E-state index contributed by atoms with van der Waals surface area (Å²) in [4.78, 5) is 19.5. The van der Waals surface area contributed by atoms with Gasteiger partial charge in [0.1, 0.15) is 23.0 Å². The van der Waals surface area contributed by atoms with E-state index in [0.717, 1.165) is 28.2 Å². The first kappa shape index (κ1) is 35.0. The summed E-state index contributed by atoms with van der Waals surface area (Å²) in [5, 5.41) is 9.09. The third-order valence-corrected chi connectivity index (χ3v) is 8.17. The number of hydrogen-bond acceptors (Lipinski definition) is 9. The average Bonchev–Trinajstić information content (AvgIpc) is 3.54. The molecule has 0 aliphatic carbocycles. The van der Waals surface area contributed by atoms with Crippen molar-refractivity contribution in [2.75, 3.05) is 41.1 Å². The van der Waals surface area contributed by atoms with Crippen molar-refractivity contribution in [1.82, 2.24) is 10.9 Å². The number of aliphatic hydroxyl groups is 1. The summed E-state index contributed by atoms with van der Waals surface area (Å²) in [6, 6.07) is 30.4. The van der Waals surface area contributed by atoms with E-state index >= 15 is 0 Å². The number of nitrogens with one attached hydrogen (secondary N) is 2. The smallest absolute Gasteiger partial charge is 0.266 e. The fourth-order valence-electron chi connectivity index (χ4n) is 5.58. The summed E-state index contributed by atoms with van der Waals surface area (Å²) in [5.74, 6) is 2.73. The molecular formula is C39H43N3O7. The molecule has 1 aliphatic rings. The number of aliphatic hydroxyl groups excluding tert-OH is 1. The second kappa shape index (κ2) is 17.2. The van der Waals surface area contributed by atoms with Gasteiger partial charge in [-0.3, -0.25) is 10.2 Å². The van der Waals surface area contributed by atoms with Gasteiger partial charge in [0.15, 0.2) is 11.6 Å². The molecule has 0 saturated carbocycles. The van der Waals surface area contributed by atoms with Crippen molar-refractivity contribution in [2.24, 2.45) is 4.99 Å². The highest BCUT2D eigenvalue weighted by molar-refractivity contribution is 6.01. The maximum atomic E-state index is 14.4. The van der Waals surface area contributed by atoms with E-state index in [0.29, 0.717) is 49.0 Å². The summed E-state index contributed by atoms with van der Waals surface area (Å²) < 4.78 is 28.8. The lowest BCUT2D eigenvalue weighted by Crippen LogP contribution is -2.52. The molecule has 0 aromatic heterocycles. The van der Waals surface area contributed by atoms with Gasteiger partial charge in [-0.2, -0.15) is 0 Å². The first-order chi connectivity index (χ1) is 24.0. The molecule has 0 radical (unpaired) electrons. The van der Waals surface area contributed by atoms with Crippen LogP contribution in [0.1, 0.15) is 41.2 Å². The topological polar surface area (TPSA) is 120 Å². The summed E-state index contributed by atoms with van der Waals surface area (Å²) in [6.45, 7) is 0.880. The number of carbonyl (C=O) groups is 1. The highest BCUT2D eigenvalue weighted by Gasteiger charge is 2.52. The zero-order chi connectivity index (χ0) is 34.5. The van der Waals surface area contributed by atoms with Crippen molar-refractivity contribution in [3.05, 3.63) is 125 Å². The van der Waals surface area contributed by atoms with Gasteiger partial charge in [-0.1, -0.05) is 54.6 Å².